The molecule has 0 bridgehead atoms. The molecule has 0 amide bonds. The van der Waals surface area contributed by atoms with E-state index in [4.69, 9.17) is 5.11 Å². The van der Waals surface area contributed by atoms with Gasteiger partial charge in [0.1, 0.15) is 0 Å². The van der Waals surface area contributed by atoms with Crippen LogP contribution in [0.4, 0.5) is 17.1 Å². The fourth-order valence-corrected chi connectivity index (χ4v) is 3.93. The molecule has 187 valence electrons. The molecule has 5 heteroatoms. The van der Waals surface area contributed by atoms with Crippen molar-refractivity contribution in [2.45, 2.75) is 13.8 Å². The number of aromatic nitrogens is 1. The maximum absolute atomic E-state index is 10.0. The predicted octanol–water partition coefficient (Wildman–Crippen LogP) is 8.21. The number of aliphatic hydroxyl groups is 1. The largest absolute Gasteiger partial charge is 0.512 e. The van der Waals surface area contributed by atoms with Crippen LogP contribution in [0.1, 0.15) is 13.8 Å². The van der Waals surface area contributed by atoms with Gasteiger partial charge < -0.3 is 15.0 Å². The first kappa shape index (κ1) is 27.5. The first-order valence-corrected chi connectivity index (χ1v) is 11.7. The van der Waals surface area contributed by atoms with E-state index < -0.39 is 0 Å². The van der Waals surface area contributed by atoms with Crippen LogP contribution in [0, 0.1) is 6.07 Å². The summed E-state index contributed by atoms with van der Waals surface area (Å²) in [5.41, 5.74) is 5.24. The molecule has 37 heavy (non-hydrogen) atoms. The van der Waals surface area contributed by atoms with Crippen LogP contribution >= 0.6 is 0 Å². The molecule has 0 saturated heterocycles. The van der Waals surface area contributed by atoms with Crippen molar-refractivity contribution in [1.29, 1.82) is 0 Å². The SMILES string of the molecule is CC(=O)/C=C(/C)O.[Ir].[c-]1cc(N(c2ccccc2)c2ccccc2)ccc1-c1nccc2ccccc12. The van der Waals surface area contributed by atoms with Crippen LogP contribution < -0.4 is 4.90 Å². The van der Waals surface area contributed by atoms with E-state index in [-0.39, 0.29) is 31.6 Å². The van der Waals surface area contributed by atoms with E-state index in [1.165, 1.54) is 25.3 Å². The van der Waals surface area contributed by atoms with Gasteiger partial charge in [0.05, 0.1) is 5.76 Å². The molecule has 0 aliphatic heterocycles. The van der Waals surface area contributed by atoms with Gasteiger partial charge >= 0.3 is 0 Å². The van der Waals surface area contributed by atoms with E-state index in [0.717, 1.165) is 33.7 Å². The third-order valence-corrected chi connectivity index (χ3v) is 5.42. The molecule has 5 aromatic rings. The van der Waals surface area contributed by atoms with E-state index in [1.54, 1.807) is 0 Å². The quantitative estimate of drug-likeness (QED) is 0.117. The normalized spacial score (nSPS) is 10.6. The summed E-state index contributed by atoms with van der Waals surface area (Å²) < 4.78 is 0. The van der Waals surface area contributed by atoms with Crippen LogP contribution in [0.5, 0.6) is 0 Å². The minimum atomic E-state index is -0.125. The van der Waals surface area contributed by atoms with Crippen LogP contribution in [0.2, 0.25) is 0 Å². The molecule has 1 radical (unpaired) electrons. The van der Waals surface area contributed by atoms with E-state index in [2.05, 4.69) is 101 Å². The maximum Gasteiger partial charge on any atom is 0.155 e. The molecule has 0 fully saturated rings. The number of anilines is 3. The molecular weight excluding hydrogens is 637 g/mol. The average Bonchev–Trinajstić information content (AvgIpc) is 2.90. The molecule has 0 aliphatic rings. The Labute approximate surface area is 231 Å². The molecule has 0 unspecified atom stereocenters. The molecule has 4 nitrogen and oxygen atoms in total. The number of hydrogen-bond acceptors (Lipinski definition) is 4. The zero-order valence-electron chi connectivity index (χ0n) is 20.6. The summed E-state index contributed by atoms with van der Waals surface area (Å²) in [5.74, 6) is -0.0625. The van der Waals surface area contributed by atoms with E-state index in [1.807, 2.05) is 30.5 Å². The van der Waals surface area contributed by atoms with Crippen molar-refractivity contribution in [3.63, 3.8) is 0 Å². The Balaban J connectivity index is 0.000000422. The fraction of sp³-hybridized carbons (Fsp3) is 0.0625. The van der Waals surface area contributed by atoms with E-state index in [0.29, 0.717) is 0 Å². The van der Waals surface area contributed by atoms with Crippen molar-refractivity contribution in [2.24, 2.45) is 0 Å². The third kappa shape index (κ3) is 7.23. The number of fused-ring (bicyclic) bond motifs is 1. The summed E-state index contributed by atoms with van der Waals surface area (Å²) in [6.07, 6.45) is 3.03. The second kappa shape index (κ2) is 13.3. The van der Waals surface area contributed by atoms with Gasteiger partial charge in [-0.1, -0.05) is 60.7 Å². The van der Waals surface area contributed by atoms with Gasteiger partial charge in [0.15, 0.2) is 5.78 Å². The Morgan fingerprint density at radius 3 is 1.89 bits per heavy atom. The van der Waals surface area contributed by atoms with E-state index in [9.17, 15) is 4.79 Å². The van der Waals surface area contributed by atoms with Gasteiger partial charge in [0, 0.05) is 43.8 Å². The Morgan fingerprint density at radius 1 is 0.784 bits per heavy atom. The minimum Gasteiger partial charge on any atom is -0.512 e. The third-order valence-electron chi connectivity index (χ3n) is 5.42. The number of pyridine rings is 1. The molecule has 0 aliphatic carbocycles. The molecule has 0 spiro atoms. The van der Waals surface area contributed by atoms with Crippen LogP contribution in [0.25, 0.3) is 22.0 Å². The number of nitrogens with zero attached hydrogens (tertiary/aromatic N) is 2. The van der Waals surface area contributed by atoms with Crippen LogP contribution in [-0.2, 0) is 24.9 Å². The number of benzene rings is 4. The summed E-state index contributed by atoms with van der Waals surface area (Å²) in [6.45, 7) is 2.85. The van der Waals surface area contributed by atoms with Gasteiger partial charge in [0.2, 0.25) is 0 Å². The monoisotopic (exact) mass is 664 g/mol. The van der Waals surface area contributed by atoms with Gasteiger partial charge in [-0.15, -0.1) is 29.8 Å². The zero-order valence-corrected chi connectivity index (χ0v) is 23.0. The van der Waals surface area contributed by atoms with Crippen LogP contribution in [-0.4, -0.2) is 15.9 Å². The maximum atomic E-state index is 10.0. The number of carbonyl (C=O) groups excluding carboxylic acids is 1. The number of rotatable bonds is 5. The second-order valence-corrected chi connectivity index (χ2v) is 8.24. The van der Waals surface area contributed by atoms with Crippen molar-refractivity contribution in [2.75, 3.05) is 4.90 Å². The zero-order chi connectivity index (χ0) is 25.3. The van der Waals surface area contributed by atoms with Crippen molar-refractivity contribution >= 4 is 33.6 Å². The molecular formula is C32H27IrN2O2-. The molecule has 4 aromatic carbocycles. The summed E-state index contributed by atoms with van der Waals surface area (Å²) in [7, 11) is 0. The molecule has 0 atom stereocenters. The number of aliphatic hydroxyl groups excluding tert-OH is 1. The van der Waals surface area contributed by atoms with Gasteiger partial charge in [-0.2, -0.15) is 0 Å². The minimum absolute atomic E-state index is 0. The number of allylic oxidation sites excluding steroid dienone is 2. The van der Waals surface area contributed by atoms with E-state index >= 15 is 0 Å². The van der Waals surface area contributed by atoms with Gasteiger partial charge in [-0.25, -0.2) is 0 Å². The Hall–Kier alpha value is -4.05. The Bertz CT molecular complexity index is 1420. The van der Waals surface area contributed by atoms with Crippen molar-refractivity contribution in [3.8, 4) is 11.3 Å². The van der Waals surface area contributed by atoms with Gasteiger partial charge in [-0.3, -0.25) is 4.79 Å². The Morgan fingerprint density at radius 2 is 1.38 bits per heavy atom. The number of ketones is 1. The predicted molar refractivity (Wildman–Crippen MR) is 148 cm³/mol. The number of carbonyl (C=O) groups is 1. The summed E-state index contributed by atoms with van der Waals surface area (Å²) in [4.78, 5) is 16.9. The first-order chi connectivity index (χ1) is 17.5. The topological polar surface area (TPSA) is 53.4 Å². The number of para-hydroxylation sites is 2. The van der Waals surface area contributed by atoms with Gasteiger partial charge in [-0.05, 0) is 66.3 Å². The number of hydrogen-bond donors (Lipinski definition) is 1. The standard InChI is InChI=1S/C27H19N2.C5H8O2.Ir/c1-3-10-23(11-4-1)29(24-12-5-2-6-13-24)25-17-15-22(16-18-25)27-26-14-8-7-9-21(26)19-20-28-27;1-4(6)3-5(2)7;/h1-15,17-20H;3,6H,1-2H3;/q-1;;/b;4-3-;. The fourth-order valence-electron chi connectivity index (χ4n) is 3.93. The van der Waals surface area contributed by atoms with Crippen molar-refractivity contribution < 1.29 is 30.0 Å². The summed E-state index contributed by atoms with van der Waals surface area (Å²) in [5, 5.41) is 10.7. The van der Waals surface area contributed by atoms with Crippen LogP contribution in [0.15, 0.2) is 127 Å². The summed E-state index contributed by atoms with van der Waals surface area (Å²) in [6, 6.07) is 40.9. The van der Waals surface area contributed by atoms with Crippen LogP contribution in [0.3, 0.4) is 0 Å². The van der Waals surface area contributed by atoms with Gasteiger partial charge in [0.25, 0.3) is 0 Å². The first-order valence-electron chi connectivity index (χ1n) is 11.7. The molecule has 0 saturated carbocycles. The molecule has 1 N–H and O–H groups in total. The molecule has 1 heterocycles. The van der Waals surface area contributed by atoms with Crippen molar-refractivity contribution in [1.82, 2.24) is 4.98 Å². The second-order valence-electron chi connectivity index (χ2n) is 8.24. The smallest absolute Gasteiger partial charge is 0.155 e. The van der Waals surface area contributed by atoms with Crippen molar-refractivity contribution in [3.05, 3.63) is 133 Å². The average molecular weight is 664 g/mol. The Kier molecular flexibility index (Phi) is 9.91. The summed E-state index contributed by atoms with van der Waals surface area (Å²) >= 11 is 0. The molecule has 1 aromatic heterocycles. The molecule has 5 rings (SSSR count).